The Morgan fingerprint density at radius 2 is 0.591 bits per heavy atom. The minimum Gasteiger partial charge on any atom is -0.462 e. The van der Waals surface area contributed by atoms with Gasteiger partial charge in [0.25, 0.3) is 0 Å². The maximum Gasteiger partial charge on any atom is 0.306 e. The predicted molar refractivity (Wildman–Crippen MR) is 284 cm³/mol. The van der Waals surface area contributed by atoms with Crippen molar-refractivity contribution in [3.63, 3.8) is 0 Å². The maximum absolute atomic E-state index is 12.8. The lowest BCUT2D eigenvalue weighted by molar-refractivity contribution is -0.167. The number of hydrogen-bond acceptors (Lipinski definition) is 6. The molecule has 0 saturated carbocycles. The first kappa shape index (κ1) is 62.3. The van der Waals surface area contributed by atoms with Crippen molar-refractivity contribution in [2.24, 2.45) is 0 Å². The molecule has 0 radical (unpaired) electrons. The van der Waals surface area contributed by atoms with E-state index in [9.17, 15) is 14.4 Å². The lowest BCUT2D eigenvalue weighted by atomic mass is 10.1. The van der Waals surface area contributed by atoms with Crippen molar-refractivity contribution in [2.45, 2.75) is 252 Å². The van der Waals surface area contributed by atoms with Crippen molar-refractivity contribution in [1.82, 2.24) is 0 Å². The number of unbranched alkanes of at least 4 members (excludes halogenated alkanes) is 26. The van der Waals surface area contributed by atoms with Gasteiger partial charge in [-0.2, -0.15) is 0 Å². The quantitative estimate of drug-likeness (QED) is 0.0262. The summed E-state index contributed by atoms with van der Waals surface area (Å²) in [6.45, 7) is 6.42. The molecule has 1 unspecified atom stereocenters. The summed E-state index contributed by atoms with van der Waals surface area (Å²) >= 11 is 0. The number of allylic oxidation sites excluding steroid dienone is 16. The number of carbonyl (C=O) groups is 3. The molecule has 0 rings (SSSR count). The van der Waals surface area contributed by atoms with E-state index in [1.165, 1.54) is 96.3 Å². The molecule has 6 heteroatoms. The molecule has 0 bridgehead atoms. The van der Waals surface area contributed by atoms with E-state index in [4.69, 9.17) is 14.2 Å². The Hall–Kier alpha value is -3.67. The van der Waals surface area contributed by atoms with Gasteiger partial charge in [-0.05, 0) is 89.9 Å². The van der Waals surface area contributed by atoms with Gasteiger partial charge in [0.1, 0.15) is 13.2 Å². The summed E-state index contributed by atoms with van der Waals surface area (Å²) in [6, 6.07) is 0. The number of ether oxygens (including phenoxy) is 3. The summed E-state index contributed by atoms with van der Waals surface area (Å²) in [5.41, 5.74) is 0. The standard InChI is InChI=1S/C60H100O6/c1-4-7-10-13-16-19-22-25-28-29-30-33-35-38-41-44-47-50-53-59(62)65-56-57(66-60(63)54-51-48-45-42-39-36-32-27-24-21-18-15-12-9-6-3)55-64-58(61)52-49-46-43-40-37-34-31-26-23-20-17-14-11-8-5-2/h9,12,15,17-18,20-21,23-24,26-30,32-33,57H,4-8,10-11,13-14,16,19,22,25,31,34-56H2,1-3H3/b12-9-,18-15-,20-17-,24-21-,26-23-,29-28-,32-27-,33-30-. The summed E-state index contributed by atoms with van der Waals surface area (Å²) < 4.78 is 16.8. The molecule has 376 valence electrons. The van der Waals surface area contributed by atoms with Gasteiger partial charge in [-0.25, -0.2) is 0 Å². The average Bonchev–Trinajstić information content (AvgIpc) is 3.31. The first-order valence-electron chi connectivity index (χ1n) is 27.3. The molecular weight excluding hydrogens is 817 g/mol. The molecule has 0 amide bonds. The first-order valence-corrected chi connectivity index (χ1v) is 27.3. The van der Waals surface area contributed by atoms with Crippen LogP contribution < -0.4 is 0 Å². The van der Waals surface area contributed by atoms with Gasteiger partial charge in [0.15, 0.2) is 6.10 Å². The Balaban J connectivity index is 4.47. The molecule has 0 fully saturated rings. The third-order valence-electron chi connectivity index (χ3n) is 11.4. The summed E-state index contributed by atoms with van der Waals surface area (Å²) in [6.07, 6.45) is 71.0. The van der Waals surface area contributed by atoms with Crippen LogP contribution in [0.4, 0.5) is 0 Å². The summed E-state index contributed by atoms with van der Waals surface area (Å²) in [5, 5.41) is 0. The van der Waals surface area contributed by atoms with Crippen LogP contribution >= 0.6 is 0 Å². The normalized spacial score (nSPS) is 12.8. The van der Waals surface area contributed by atoms with Crippen LogP contribution in [0.2, 0.25) is 0 Å². The smallest absolute Gasteiger partial charge is 0.306 e. The third kappa shape index (κ3) is 51.3. The Kier molecular flexibility index (Phi) is 50.9. The summed E-state index contributed by atoms with van der Waals surface area (Å²) in [5.74, 6) is -0.949. The molecule has 0 heterocycles. The molecule has 0 aromatic heterocycles. The second-order valence-corrected chi connectivity index (χ2v) is 17.9. The van der Waals surface area contributed by atoms with Crippen molar-refractivity contribution in [2.75, 3.05) is 13.2 Å². The van der Waals surface area contributed by atoms with E-state index in [0.717, 1.165) is 109 Å². The van der Waals surface area contributed by atoms with E-state index in [2.05, 4.69) is 99.8 Å². The van der Waals surface area contributed by atoms with Crippen LogP contribution in [0.5, 0.6) is 0 Å². The van der Waals surface area contributed by atoms with Gasteiger partial charge in [0.05, 0.1) is 0 Å². The van der Waals surface area contributed by atoms with Gasteiger partial charge in [-0.1, -0.05) is 234 Å². The Morgan fingerprint density at radius 3 is 0.970 bits per heavy atom. The molecule has 0 aliphatic carbocycles. The monoisotopic (exact) mass is 917 g/mol. The van der Waals surface area contributed by atoms with E-state index in [-0.39, 0.29) is 31.1 Å². The zero-order chi connectivity index (χ0) is 47.9. The van der Waals surface area contributed by atoms with Crippen molar-refractivity contribution in [3.05, 3.63) is 97.2 Å². The van der Waals surface area contributed by atoms with Crippen molar-refractivity contribution >= 4 is 17.9 Å². The SMILES string of the molecule is CC\C=C/C=C\C=C/C=C\CCCCCCCC(=O)OC(COC(=O)CCCCCCC/C=C\C=C/CCCCCCCCC)COC(=O)CCCCCCCC/C=C\C=C/CCCCC. The fraction of sp³-hybridized carbons (Fsp3) is 0.683. The first-order chi connectivity index (χ1) is 32.5. The molecule has 0 aliphatic rings. The van der Waals surface area contributed by atoms with Crippen LogP contribution in [0.1, 0.15) is 245 Å². The van der Waals surface area contributed by atoms with Crippen LogP contribution in [0, 0.1) is 0 Å². The minimum atomic E-state index is -0.802. The fourth-order valence-corrected chi connectivity index (χ4v) is 7.32. The fourth-order valence-electron chi connectivity index (χ4n) is 7.32. The predicted octanol–water partition coefficient (Wildman–Crippen LogP) is 18.1. The Bertz CT molecular complexity index is 1330. The van der Waals surface area contributed by atoms with Crippen molar-refractivity contribution < 1.29 is 28.6 Å². The van der Waals surface area contributed by atoms with Crippen molar-refractivity contribution in [3.8, 4) is 0 Å². The highest BCUT2D eigenvalue weighted by Crippen LogP contribution is 2.14. The Labute approximate surface area is 407 Å². The molecule has 0 aromatic carbocycles. The lowest BCUT2D eigenvalue weighted by Crippen LogP contribution is -2.30. The molecule has 66 heavy (non-hydrogen) atoms. The second-order valence-electron chi connectivity index (χ2n) is 17.9. The molecule has 1 atom stereocenters. The molecule has 0 spiro atoms. The van der Waals surface area contributed by atoms with E-state index < -0.39 is 6.10 Å². The van der Waals surface area contributed by atoms with Crippen LogP contribution in [0.25, 0.3) is 0 Å². The Morgan fingerprint density at radius 1 is 0.318 bits per heavy atom. The van der Waals surface area contributed by atoms with Gasteiger partial charge in [0.2, 0.25) is 0 Å². The van der Waals surface area contributed by atoms with E-state index in [1.54, 1.807) is 0 Å². The molecule has 0 saturated heterocycles. The van der Waals surface area contributed by atoms with Crippen LogP contribution in [-0.4, -0.2) is 37.2 Å². The summed E-state index contributed by atoms with van der Waals surface area (Å²) in [4.78, 5) is 38.1. The number of rotatable bonds is 48. The van der Waals surface area contributed by atoms with Gasteiger partial charge in [0, 0.05) is 19.3 Å². The van der Waals surface area contributed by atoms with Crippen LogP contribution in [0.3, 0.4) is 0 Å². The largest absolute Gasteiger partial charge is 0.462 e. The van der Waals surface area contributed by atoms with Gasteiger partial charge in [-0.3, -0.25) is 14.4 Å². The minimum absolute atomic E-state index is 0.0996. The van der Waals surface area contributed by atoms with Gasteiger partial charge in [-0.15, -0.1) is 0 Å². The average molecular weight is 917 g/mol. The van der Waals surface area contributed by atoms with Crippen LogP contribution in [-0.2, 0) is 28.6 Å². The number of esters is 3. The van der Waals surface area contributed by atoms with E-state index in [1.807, 2.05) is 18.2 Å². The zero-order valence-corrected chi connectivity index (χ0v) is 42.9. The topological polar surface area (TPSA) is 78.9 Å². The highest BCUT2D eigenvalue weighted by Gasteiger charge is 2.19. The number of carbonyl (C=O) groups excluding carboxylic acids is 3. The summed E-state index contributed by atoms with van der Waals surface area (Å²) in [7, 11) is 0. The third-order valence-corrected chi connectivity index (χ3v) is 11.4. The molecule has 0 aromatic rings. The molecule has 0 aliphatic heterocycles. The molecule has 0 N–H and O–H groups in total. The molecule has 6 nitrogen and oxygen atoms in total. The highest BCUT2D eigenvalue weighted by atomic mass is 16.6. The van der Waals surface area contributed by atoms with E-state index in [0.29, 0.717) is 19.3 Å². The highest BCUT2D eigenvalue weighted by molar-refractivity contribution is 5.71. The number of hydrogen-bond donors (Lipinski definition) is 0. The second kappa shape index (κ2) is 53.9. The molecular formula is C60H100O6. The van der Waals surface area contributed by atoms with Gasteiger partial charge >= 0.3 is 17.9 Å². The van der Waals surface area contributed by atoms with Crippen LogP contribution in [0.15, 0.2) is 97.2 Å². The van der Waals surface area contributed by atoms with Gasteiger partial charge < -0.3 is 14.2 Å². The maximum atomic E-state index is 12.8. The van der Waals surface area contributed by atoms with E-state index >= 15 is 0 Å². The lowest BCUT2D eigenvalue weighted by Gasteiger charge is -2.18. The van der Waals surface area contributed by atoms with Crippen molar-refractivity contribution in [1.29, 1.82) is 0 Å². The zero-order valence-electron chi connectivity index (χ0n) is 42.9.